The Morgan fingerprint density at radius 1 is 1.43 bits per heavy atom. The summed E-state index contributed by atoms with van der Waals surface area (Å²) in [6.07, 6.45) is 3.62. The Balaban J connectivity index is 1.91. The largest absolute Gasteiger partial charge is 0.497 e. The van der Waals surface area contributed by atoms with Crippen molar-refractivity contribution in [2.24, 2.45) is 5.92 Å². The number of nitrogens with one attached hydrogen (secondary N) is 1. The van der Waals surface area contributed by atoms with Crippen molar-refractivity contribution >= 4 is 6.03 Å². The molecule has 0 aliphatic heterocycles. The molecule has 0 bridgehead atoms. The number of rotatable bonds is 7. The van der Waals surface area contributed by atoms with Crippen molar-refractivity contribution in [1.82, 2.24) is 10.2 Å². The molecule has 0 aromatic heterocycles. The first-order chi connectivity index (χ1) is 10.2. The number of amides is 2. The highest BCUT2D eigenvalue weighted by molar-refractivity contribution is 5.74. The highest BCUT2D eigenvalue weighted by atomic mass is 16.5. The van der Waals surface area contributed by atoms with Gasteiger partial charge >= 0.3 is 6.03 Å². The third-order valence-corrected chi connectivity index (χ3v) is 3.99. The summed E-state index contributed by atoms with van der Waals surface area (Å²) in [5, 5.41) is 12.5. The molecule has 1 aromatic rings. The summed E-state index contributed by atoms with van der Waals surface area (Å²) in [5.74, 6) is 1.55. The molecule has 5 heteroatoms. The molecule has 1 aliphatic rings. The maximum atomic E-state index is 12.1. The molecule has 0 radical (unpaired) electrons. The molecule has 1 saturated carbocycles. The van der Waals surface area contributed by atoms with Crippen molar-refractivity contribution in [3.63, 3.8) is 0 Å². The van der Waals surface area contributed by atoms with Gasteiger partial charge in [0, 0.05) is 13.6 Å². The van der Waals surface area contributed by atoms with Crippen molar-refractivity contribution in [3.8, 4) is 5.75 Å². The molecule has 2 amide bonds. The first-order valence-corrected chi connectivity index (χ1v) is 7.41. The molecule has 0 saturated heterocycles. The number of methoxy groups -OCH3 is 1. The predicted molar refractivity (Wildman–Crippen MR) is 81.3 cm³/mol. The zero-order chi connectivity index (χ0) is 15.2. The quantitative estimate of drug-likeness (QED) is 0.809. The molecule has 1 fully saturated rings. The summed E-state index contributed by atoms with van der Waals surface area (Å²) < 4.78 is 5.12. The lowest BCUT2D eigenvalue weighted by Crippen LogP contribution is -2.41. The summed E-state index contributed by atoms with van der Waals surface area (Å²) in [7, 11) is 3.32. The average Bonchev–Trinajstić information content (AvgIpc) is 3.32. The topological polar surface area (TPSA) is 61.8 Å². The van der Waals surface area contributed by atoms with Crippen LogP contribution in [0.15, 0.2) is 24.3 Å². The van der Waals surface area contributed by atoms with Crippen LogP contribution in [-0.2, 0) is 0 Å². The van der Waals surface area contributed by atoms with Gasteiger partial charge in [-0.2, -0.15) is 0 Å². The van der Waals surface area contributed by atoms with Crippen LogP contribution in [0.5, 0.6) is 5.75 Å². The number of urea groups is 1. The van der Waals surface area contributed by atoms with Crippen LogP contribution in [0.25, 0.3) is 0 Å². The normalized spacial score (nSPS) is 15.4. The Hall–Kier alpha value is -1.75. The van der Waals surface area contributed by atoms with Gasteiger partial charge in [0.1, 0.15) is 5.75 Å². The highest BCUT2D eigenvalue weighted by Crippen LogP contribution is 2.31. The molecule has 2 N–H and O–H groups in total. The Morgan fingerprint density at radius 3 is 2.62 bits per heavy atom. The molecular formula is C16H24N2O3. The fraction of sp³-hybridized carbons (Fsp3) is 0.562. The van der Waals surface area contributed by atoms with Crippen LogP contribution in [0.3, 0.4) is 0 Å². The van der Waals surface area contributed by atoms with Gasteiger partial charge < -0.3 is 20.1 Å². The van der Waals surface area contributed by atoms with Crippen LogP contribution >= 0.6 is 0 Å². The summed E-state index contributed by atoms with van der Waals surface area (Å²) in [6.45, 7) is 0.591. The Bertz CT molecular complexity index is 457. The van der Waals surface area contributed by atoms with Crippen LogP contribution in [-0.4, -0.2) is 43.3 Å². The number of carbonyl (C=O) groups is 1. The van der Waals surface area contributed by atoms with Gasteiger partial charge in [-0.15, -0.1) is 0 Å². The number of hydrogen-bond donors (Lipinski definition) is 2. The number of nitrogens with zero attached hydrogens (tertiary/aromatic N) is 1. The Kier molecular flexibility index (Phi) is 5.44. The molecule has 0 heterocycles. The zero-order valence-corrected chi connectivity index (χ0v) is 12.7. The molecule has 116 valence electrons. The minimum Gasteiger partial charge on any atom is -0.497 e. The Labute approximate surface area is 125 Å². The minimum atomic E-state index is -0.350. The molecule has 1 unspecified atom stereocenters. The lowest BCUT2D eigenvalue weighted by Gasteiger charge is -2.27. The van der Waals surface area contributed by atoms with Gasteiger partial charge in [0.05, 0.1) is 19.8 Å². The molecule has 5 nitrogen and oxygen atoms in total. The third kappa shape index (κ3) is 4.36. The lowest BCUT2D eigenvalue weighted by atomic mass is 10.1. The number of likely N-dealkylation sites (N-methyl/N-ethyl adjacent to an activating group) is 1. The summed E-state index contributed by atoms with van der Waals surface area (Å²) in [6, 6.07) is 6.90. The predicted octanol–water partition coefficient (Wildman–Crippen LogP) is 2.17. The monoisotopic (exact) mass is 292 g/mol. The maximum Gasteiger partial charge on any atom is 0.317 e. The fourth-order valence-corrected chi connectivity index (χ4v) is 2.33. The smallest absolute Gasteiger partial charge is 0.317 e. The second kappa shape index (κ2) is 7.31. The lowest BCUT2D eigenvalue weighted by molar-refractivity contribution is 0.150. The molecular weight excluding hydrogens is 268 g/mol. The van der Waals surface area contributed by atoms with Crippen molar-refractivity contribution in [2.45, 2.75) is 25.3 Å². The van der Waals surface area contributed by atoms with E-state index in [2.05, 4.69) is 5.32 Å². The summed E-state index contributed by atoms with van der Waals surface area (Å²) in [4.78, 5) is 13.7. The van der Waals surface area contributed by atoms with E-state index in [1.807, 2.05) is 24.3 Å². The molecule has 1 atom stereocenters. The average molecular weight is 292 g/mol. The molecule has 0 spiro atoms. The van der Waals surface area contributed by atoms with Crippen LogP contribution in [0.4, 0.5) is 4.79 Å². The number of aliphatic hydroxyl groups is 1. The van der Waals surface area contributed by atoms with Crippen molar-refractivity contribution in [3.05, 3.63) is 29.8 Å². The zero-order valence-electron chi connectivity index (χ0n) is 12.7. The minimum absolute atomic E-state index is 0.112. The first kappa shape index (κ1) is 15.6. The Morgan fingerprint density at radius 2 is 2.10 bits per heavy atom. The van der Waals surface area contributed by atoms with E-state index in [0.29, 0.717) is 6.54 Å². The van der Waals surface area contributed by atoms with E-state index in [-0.39, 0.29) is 18.7 Å². The van der Waals surface area contributed by atoms with Crippen molar-refractivity contribution in [2.75, 3.05) is 27.3 Å². The number of aliphatic hydroxyl groups excluding tert-OH is 1. The van der Waals surface area contributed by atoms with Crippen LogP contribution in [0.2, 0.25) is 0 Å². The van der Waals surface area contributed by atoms with Gasteiger partial charge in [-0.3, -0.25) is 0 Å². The van der Waals surface area contributed by atoms with Crippen LogP contribution < -0.4 is 10.1 Å². The van der Waals surface area contributed by atoms with E-state index in [9.17, 15) is 9.90 Å². The molecule has 21 heavy (non-hydrogen) atoms. The molecule has 2 rings (SSSR count). The van der Waals surface area contributed by atoms with Gasteiger partial charge in [-0.05, 0) is 30.0 Å². The van der Waals surface area contributed by atoms with E-state index < -0.39 is 0 Å². The number of benzene rings is 1. The van der Waals surface area contributed by atoms with Crippen molar-refractivity contribution < 1.29 is 14.6 Å². The van der Waals surface area contributed by atoms with Gasteiger partial charge in [0.25, 0.3) is 0 Å². The van der Waals surface area contributed by atoms with Crippen molar-refractivity contribution in [1.29, 1.82) is 0 Å². The van der Waals surface area contributed by atoms with E-state index in [1.54, 1.807) is 19.1 Å². The van der Waals surface area contributed by atoms with E-state index in [1.165, 1.54) is 12.8 Å². The summed E-state index contributed by atoms with van der Waals surface area (Å²) in [5.41, 5.74) is 0.887. The van der Waals surface area contributed by atoms with Crippen LogP contribution in [0.1, 0.15) is 30.9 Å². The van der Waals surface area contributed by atoms with Crippen LogP contribution in [0, 0.1) is 5.92 Å². The van der Waals surface area contributed by atoms with Gasteiger partial charge in [0.2, 0.25) is 0 Å². The first-order valence-electron chi connectivity index (χ1n) is 7.41. The van der Waals surface area contributed by atoms with Gasteiger partial charge in [0.15, 0.2) is 0 Å². The third-order valence-electron chi connectivity index (χ3n) is 3.99. The molecule has 1 aromatic carbocycles. The second-order valence-corrected chi connectivity index (χ2v) is 5.55. The summed E-state index contributed by atoms with van der Waals surface area (Å²) >= 11 is 0. The standard InChI is InChI=1S/C16H24N2O3/c1-18(16(20)17-10-9-12-3-4-12)15(11-19)13-5-7-14(21-2)8-6-13/h5-8,12,15,19H,3-4,9-11H2,1-2H3,(H,17,20). The van der Waals surface area contributed by atoms with Gasteiger partial charge in [-0.25, -0.2) is 4.79 Å². The van der Waals surface area contributed by atoms with E-state index >= 15 is 0 Å². The second-order valence-electron chi connectivity index (χ2n) is 5.55. The number of hydrogen-bond acceptors (Lipinski definition) is 3. The maximum absolute atomic E-state index is 12.1. The SMILES string of the molecule is COc1ccc(C(CO)N(C)C(=O)NCCC2CC2)cc1. The van der Waals surface area contributed by atoms with Gasteiger partial charge in [-0.1, -0.05) is 25.0 Å². The van der Waals surface area contributed by atoms with E-state index in [4.69, 9.17) is 4.74 Å². The fourth-order valence-electron chi connectivity index (χ4n) is 2.33. The highest BCUT2D eigenvalue weighted by Gasteiger charge is 2.23. The number of carbonyl (C=O) groups excluding carboxylic acids is 1. The van der Waals surface area contributed by atoms with E-state index in [0.717, 1.165) is 23.7 Å². The molecule has 1 aliphatic carbocycles. The number of ether oxygens (including phenoxy) is 1.